The first-order valence-electron chi connectivity index (χ1n) is 6.86. The number of nitriles is 1. The van der Waals surface area contributed by atoms with Crippen LogP contribution in [-0.4, -0.2) is 21.1 Å². The van der Waals surface area contributed by atoms with Gasteiger partial charge in [0.1, 0.15) is 5.75 Å². The van der Waals surface area contributed by atoms with Crippen LogP contribution in [0.1, 0.15) is 37.7 Å². The first kappa shape index (κ1) is 14.7. The fourth-order valence-corrected chi connectivity index (χ4v) is 3.86. The number of benzene rings is 1. The lowest BCUT2D eigenvalue weighted by Gasteiger charge is -2.20. The fraction of sp³-hybridized carbons (Fsp3) is 0.467. The topological polar surface area (TPSA) is 70.0 Å². The van der Waals surface area contributed by atoms with E-state index in [2.05, 4.69) is 5.32 Å². The second-order valence-electron chi connectivity index (χ2n) is 5.03. The number of hydrogen-bond donors (Lipinski definition) is 1. The second kappa shape index (κ2) is 7.20. The largest absolute Gasteiger partial charge is 0.325 e. The van der Waals surface area contributed by atoms with E-state index in [4.69, 9.17) is 5.26 Å². The van der Waals surface area contributed by atoms with Crippen molar-refractivity contribution in [2.45, 2.75) is 37.4 Å². The Hall–Kier alpha value is -1.67. The average molecular weight is 290 g/mol. The van der Waals surface area contributed by atoms with Crippen molar-refractivity contribution >= 4 is 22.4 Å². The van der Waals surface area contributed by atoms with Crippen molar-refractivity contribution < 1.29 is 9.00 Å². The van der Waals surface area contributed by atoms with Crippen molar-refractivity contribution in [1.29, 1.82) is 5.26 Å². The Morgan fingerprint density at radius 1 is 1.35 bits per heavy atom. The molecule has 0 heterocycles. The summed E-state index contributed by atoms with van der Waals surface area (Å²) >= 11 is 0. The molecular formula is C15H18N2O2S. The van der Waals surface area contributed by atoms with Crippen LogP contribution in [-0.2, 0) is 15.6 Å². The van der Waals surface area contributed by atoms with Gasteiger partial charge >= 0.3 is 0 Å². The van der Waals surface area contributed by atoms with E-state index in [0.29, 0.717) is 11.3 Å². The van der Waals surface area contributed by atoms with Gasteiger partial charge in [-0.05, 0) is 31.0 Å². The molecule has 1 aromatic carbocycles. The standard InChI is InChI=1S/C15H18N2O2S/c16-10-12-5-4-6-13(9-12)17-15(18)11-20(19)14-7-2-1-3-8-14/h4-6,9,14H,1-3,7-8,11H2,(H,17,18). The van der Waals surface area contributed by atoms with Crippen molar-refractivity contribution in [3.05, 3.63) is 29.8 Å². The first-order valence-corrected chi connectivity index (χ1v) is 8.24. The van der Waals surface area contributed by atoms with Gasteiger partial charge in [-0.2, -0.15) is 5.26 Å². The van der Waals surface area contributed by atoms with Gasteiger partial charge < -0.3 is 5.32 Å². The van der Waals surface area contributed by atoms with Gasteiger partial charge in [0.15, 0.2) is 0 Å². The molecule has 0 saturated heterocycles. The maximum atomic E-state index is 12.1. The highest BCUT2D eigenvalue weighted by molar-refractivity contribution is 7.86. The van der Waals surface area contributed by atoms with Gasteiger partial charge in [0.05, 0.1) is 11.6 Å². The number of amides is 1. The van der Waals surface area contributed by atoms with Gasteiger partial charge in [0.25, 0.3) is 0 Å². The van der Waals surface area contributed by atoms with Gasteiger partial charge in [0.2, 0.25) is 5.91 Å². The predicted octanol–water partition coefficient (Wildman–Crippen LogP) is 2.58. The third-order valence-corrected chi connectivity index (χ3v) is 5.23. The number of nitrogens with one attached hydrogen (secondary N) is 1. The Balaban J connectivity index is 1.88. The summed E-state index contributed by atoms with van der Waals surface area (Å²) in [6.45, 7) is 0. The highest BCUT2D eigenvalue weighted by Gasteiger charge is 2.21. The second-order valence-corrected chi connectivity index (χ2v) is 6.74. The Morgan fingerprint density at radius 3 is 2.80 bits per heavy atom. The van der Waals surface area contributed by atoms with Crippen LogP contribution in [0, 0.1) is 11.3 Å². The molecule has 1 atom stereocenters. The summed E-state index contributed by atoms with van der Waals surface area (Å²) in [6.07, 6.45) is 5.36. The van der Waals surface area contributed by atoms with Crippen LogP contribution < -0.4 is 5.32 Å². The van der Waals surface area contributed by atoms with Crippen LogP contribution in [0.2, 0.25) is 0 Å². The molecule has 0 radical (unpaired) electrons. The van der Waals surface area contributed by atoms with Crippen LogP contribution in [0.5, 0.6) is 0 Å². The summed E-state index contributed by atoms with van der Waals surface area (Å²) in [7, 11) is -1.09. The summed E-state index contributed by atoms with van der Waals surface area (Å²) < 4.78 is 12.1. The van der Waals surface area contributed by atoms with E-state index in [1.54, 1.807) is 24.3 Å². The molecule has 5 heteroatoms. The normalized spacial score (nSPS) is 17.1. The van der Waals surface area contributed by atoms with Crippen molar-refractivity contribution in [3.63, 3.8) is 0 Å². The molecule has 1 amide bonds. The molecule has 0 aromatic heterocycles. The SMILES string of the molecule is N#Cc1cccc(NC(=O)CS(=O)C2CCCCC2)c1. The number of nitrogens with zero attached hydrogens (tertiary/aromatic N) is 1. The molecule has 4 nitrogen and oxygen atoms in total. The Bertz CT molecular complexity index is 545. The van der Waals surface area contributed by atoms with E-state index in [-0.39, 0.29) is 16.9 Å². The molecule has 106 valence electrons. The molecule has 1 aliphatic rings. The van der Waals surface area contributed by atoms with Gasteiger partial charge in [-0.1, -0.05) is 25.3 Å². The smallest absolute Gasteiger partial charge is 0.237 e. The predicted molar refractivity (Wildman–Crippen MR) is 79.7 cm³/mol. The summed E-state index contributed by atoms with van der Waals surface area (Å²) in [5, 5.41) is 11.7. The molecule has 0 spiro atoms. The van der Waals surface area contributed by atoms with E-state index in [0.717, 1.165) is 25.7 Å². The zero-order valence-corrected chi connectivity index (χ0v) is 12.1. The first-order chi connectivity index (χ1) is 9.69. The fourth-order valence-electron chi connectivity index (χ4n) is 2.44. The zero-order chi connectivity index (χ0) is 14.4. The number of carbonyl (C=O) groups excluding carboxylic acids is 1. The van der Waals surface area contributed by atoms with Crippen LogP contribution in [0.15, 0.2) is 24.3 Å². The Kier molecular flexibility index (Phi) is 5.31. The number of carbonyl (C=O) groups is 1. The number of rotatable bonds is 4. The van der Waals surface area contributed by atoms with Crippen LogP contribution >= 0.6 is 0 Å². The molecule has 0 aliphatic heterocycles. The monoisotopic (exact) mass is 290 g/mol. The van der Waals surface area contributed by atoms with Gasteiger partial charge in [0, 0.05) is 21.7 Å². The third-order valence-electron chi connectivity index (χ3n) is 3.47. The Morgan fingerprint density at radius 2 is 2.10 bits per heavy atom. The van der Waals surface area contributed by atoms with E-state index in [9.17, 15) is 9.00 Å². The highest BCUT2D eigenvalue weighted by atomic mass is 32.2. The molecule has 1 aliphatic carbocycles. The van der Waals surface area contributed by atoms with Crippen molar-refractivity contribution in [2.75, 3.05) is 11.1 Å². The molecule has 1 N–H and O–H groups in total. The van der Waals surface area contributed by atoms with Crippen LogP contribution in [0.4, 0.5) is 5.69 Å². The summed E-state index contributed by atoms with van der Waals surface area (Å²) in [4.78, 5) is 11.9. The lowest BCUT2D eigenvalue weighted by atomic mass is 10.0. The molecule has 1 aromatic rings. The van der Waals surface area contributed by atoms with Crippen molar-refractivity contribution in [2.24, 2.45) is 0 Å². The molecular weight excluding hydrogens is 272 g/mol. The molecule has 1 saturated carbocycles. The van der Waals surface area contributed by atoms with Gasteiger partial charge in [-0.25, -0.2) is 0 Å². The van der Waals surface area contributed by atoms with Gasteiger partial charge in [-0.3, -0.25) is 9.00 Å². The zero-order valence-electron chi connectivity index (χ0n) is 11.3. The molecule has 0 bridgehead atoms. The van der Waals surface area contributed by atoms with Gasteiger partial charge in [-0.15, -0.1) is 0 Å². The molecule has 20 heavy (non-hydrogen) atoms. The Labute approximate surface area is 121 Å². The van der Waals surface area contributed by atoms with Crippen LogP contribution in [0.25, 0.3) is 0 Å². The minimum absolute atomic E-state index is 0.0431. The highest BCUT2D eigenvalue weighted by Crippen LogP contribution is 2.22. The third kappa shape index (κ3) is 4.17. The average Bonchev–Trinajstić information content (AvgIpc) is 2.48. The van der Waals surface area contributed by atoms with E-state index >= 15 is 0 Å². The summed E-state index contributed by atoms with van der Waals surface area (Å²) in [5.74, 6) is -0.203. The lowest BCUT2D eigenvalue weighted by molar-refractivity contribution is -0.113. The van der Waals surface area contributed by atoms with E-state index in [1.807, 2.05) is 6.07 Å². The van der Waals surface area contributed by atoms with E-state index in [1.165, 1.54) is 6.42 Å². The molecule has 2 rings (SSSR count). The van der Waals surface area contributed by atoms with E-state index < -0.39 is 10.8 Å². The minimum atomic E-state index is -1.09. The molecule has 1 fully saturated rings. The summed E-state index contributed by atoms with van der Waals surface area (Å²) in [5.41, 5.74) is 1.07. The summed E-state index contributed by atoms with van der Waals surface area (Å²) in [6, 6.07) is 8.75. The lowest BCUT2D eigenvalue weighted by Crippen LogP contribution is -2.27. The quantitative estimate of drug-likeness (QED) is 0.926. The molecule has 1 unspecified atom stereocenters. The maximum Gasteiger partial charge on any atom is 0.237 e. The maximum absolute atomic E-state index is 12.1. The minimum Gasteiger partial charge on any atom is -0.325 e. The number of anilines is 1. The number of hydrogen-bond acceptors (Lipinski definition) is 3. The van der Waals surface area contributed by atoms with Crippen molar-refractivity contribution in [1.82, 2.24) is 0 Å². The van der Waals surface area contributed by atoms with Crippen molar-refractivity contribution in [3.8, 4) is 6.07 Å². The van der Waals surface area contributed by atoms with Crippen LogP contribution in [0.3, 0.4) is 0 Å².